The maximum absolute atomic E-state index is 13.2. The van der Waals surface area contributed by atoms with E-state index in [1.165, 1.54) is 0 Å². The van der Waals surface area contributed by atoms with E-state index in [0.29, 0.717) is 34.4 Å². The van der Waals surface area contributed by atoms with Crippen molar-refractivity contribution in [2.24, 2.45) is 0 Å². The Bertz CT molecular complexity index is 1020. The summed E-state index contributed by atoms with van der Waals surface area (Å²) in [6.45, 7) is 3.12. The second-order valence-corrected chi connectivity index (χ2v) is 7.85. The topological polar surface area (TPSA) is 45.7 Å². The number of ether oxygens (including phenoxy) is 1. The van der Waals surface area contributed by atoms with Crippen LogP contribution in [0, 0.1) is 0 Å². The van der Waals surface area contributed by atoms with Gasteiger partial charge < -0.3 is 14.5 Å². The molecule has 154 valence electrons. The number of carbonyl (C=O) groups excluding carboxylic acids is 1. The zero-order valence-corrected chi connectivity index (χ0v) is 17.8. The predicted octanol–water partition coefficient (Wildman–Crippen LogP) is 4.93. The average molecular weight is 442 g/mol. The van der Waals surface area contributed by atoms with Crippen LogP contribution in [0.4, 0.5) is 5.69 Å². The van der Waals surface area contributed by atoms with E-state index in [1.54, 1.807) is 30.6 Å². The zero-order valence-electron chi connectivity index (χ0n) is 16.3. The minimum atomic E-state index is -0.0258. The van der Waals surface area contributed by atoms with Crippen LogP contribution in [0.2, 0.25) is 10.0 Å². The van der Waals surface area contributed by atoms with Crippen molar-refractivity contribution in [2.75, 3.05) is 31.1 Å². The first kappa shape index (κ1) is 20.5. The lowest BCUT2D eigenvalue weighted by Gasteiger charge is -2.36. The Morgan fingerprint density at radius 2 is 1.70 bits per heavy atom. The molecule has 30 heavy (non-hydrogen) atoms. The Labute approximate surface area is 185 Å². The van der Waals surface area contributed by atoms with E-state index >= 15 is 0 Å². The molecule has 1 aromatic heterocycles. The van der Waals surface area contributed by atoms with Gasteiger partial charge in [0.2, 0.25) is 0 Å². The third kappa shape index (κ3) is 4.69. The summed E-state index contributed by atoms with van der Waals surface area (Å²) in [7, 11) is 0. The Kier molecular flexibility index (Phi) is 6.41. The van der Waals surface area contributed by atoms with Gasteiger partial charge in [-0.2, -0.15) is 0 Å². The fraction of sp³-hybridized carbons (Fsp3) is 0.217. The van der Waals surface area contributed by atoms with E-state index in [1.807, 2.05) is 41.3 Å². The summed E-state index contributed by atoms with van der Waals surface area (Å²) in [6.07, 6.45) is 3.57. The monoisotopic (exact) mass is 441 g/mol. The van der Waals surface area contributed by atoms with Crippen molar-refractivity contribution in [1.82, 2.24) is 9.88 Å². The van der Waals surface area contributed by atoms with Crippen LogP contribution in [-0.4, -0.2) is 42.0 Å². The zero-order chi connectivity index (χ0) is 20.9. The van der Waals surface area contributed by atoms with Crippen molar-refractivity contribution in [3.05, 3.63) is 88.2 Å². The lowest BCUT2D eigenvalue weighted by atomic mass is 10.1. The molecule has 4 rings (SSSR count). The molecule has 0 unspecified atom stereocenters. The first-order valence-electron chi connectivity index (χ1n) is 9.72. The van der Waals surface area contributed by atoms with Crippen LogP contribution in [0.15, 0.2) is 67.0 Å². The fourth-order valence-corrected chi connectivity index (χ4v) is 3.92. The van der Waals surface area contributed by atoms with Gasteiger partial charge in [0.25, 0.3) is 5.91 Å². The molecule has 2 aromatic carbocycles. The summed E-state index contributed by atoms with van der Waals surface area (Å²) in [5.74, 6) is 0.521. The number of aromatic nitrogens is 1. The van der Waals surface area contributed by atoms with Gasteiger partial charge in [0, 0.05) is 59.9 Å². The molecule has 3 aromatic rings. The molecule has 0 saturated carbocycles. The summed E-state index contributed by atoms with van der Waals surface area (Å²) in [5.41, 5.74) is 2.50. The van der Waals surface area contributed by atoms with Gasteiger partial charge in [0.05, 0.1) is 5.56 Å². The van der Waals surface area contributed by atoms with Crippen molar-refractivity contribution >= 4 is 34.8 Å². The molecule has 0 aliphatic carbocycles. The average Bonchev–Trinajstić information content (AvgIpc) is 2.79. The van der Waals surface area contributed by atoms with E-state index in [-0.39, 0.29) is 12.5 Å². The molecule has 2 heterocycles. The van der Waals surface area contributed by atoms with Gasteiger partial charge >= 0.3 is 0 Å². The van der Waals surface area contributed by atoms with Crippen LogP contribution in [0.5, 0.6) is 5.75 Å². The van der Waals surface area contributed by atoms with Crippen molar-refractivity contribution < 1.29 is 9.53 Å². The smallest absolute Gasteiger partial charge is 0.257 e. The number of benzene rings is 2. The van der Waals surface area contributed by atoms with Gasteiger partial charge in [0.1, 0.15) is 12.4 Å². The first-order chi connectivity index (χ1) is 14.6. The molecular formula is C23H21Cl2N3O2. The number of piperazine rings is 1. The number of para-hydroxylation sites is 1. The van der Waals surface area contributed by atoms with Crippen molar-refractivity contribution in [3.8, 4) is 5.75 Å². The molecule has 1 aliphatic heterocycles. The Morgan fingerprint density at radius 3 is 2.43 bits per heavy atom. The molecule has 0 bridgehead atoms. The summed E-state index contributed by atoms with van der Waals surface area (Å²) in [4.78, 5) is 21.4. The number of halogens is 2. The number of hydrogen-bond acceptors (Lipinski definition) is 4. The maximum atomic E-state index is 13.2. The highest BCUT2D eigenvalue weighted by Crippen LogP contribution is 2.26. The van der Waals surface area contributed by atoms with Gasteiger partial charge in [-0.25, -0.2) is 0 Å². The quantitative estimate of drug-likeness (QED) is 0.562. The number of pyridine rings is 1. The largest absolute Gasteiger partial charge is 0.488 e. The molecular weight excluding hydrogens is 421 g/mol. The number of carbonyl (C=O) groups is 1. The Morgan fingerprint density at radius 1 is 0.967 bits per heavy atom. The predicted molar refractivity (Wildman–Crippen MR) is 120 cm³/mol. The lowest BCUT2D eigenvalue weighted by molar-refractivity contribution is 0.0742. The highest BCUT2D eigenvalue weighted by molar-refractivity contribution is 6.35. The molecule has 1 saturated heterocycles. The van der Waals surface area contributed by atoms with E-state index in [0.717, 1.165) is 24.3 Å². The number of amides is 1. The summed E-state index contributed by atoms with van der Waals surface area (Å²) in [5, 5.41) is 1.11. The second-order valence-electron chi connectivity index (χ2n) is 7.01. The maximum Gasteiger partial charge on any atom is 0.257 e. The minimum absolute atomic E-state index is 0.0258. The van der Waals surface area contributed by atoms with E-state index in [2.05, 4.69) is 9.88 Å². The van der Waals surface area contributed by atoms with Gasteiger partial charge in [-0.05, 0) is 36.4 Å². The van der Waals surface area contributed by atoms with Crippen LogP contribution < -0.4 is 9.64 Å². The van der Waals surface area contributed by atoms with Gasteiger partial charge in [0.15, 0.2) is 0 Å². The molecule has 1 fully saturated rings. The molecule has 0 radical (unpaired) electrons. The molecule has 0 atom stereocenters. The highest BCUT2D eigenvalue weighted by Gasteiger charge is 2.24. The number of nitrogens with zero attached hydrogens (tertiary/aromatic N) is 3. The van der Waals surface area contributed by atoms with E-state index in [4.69, 9.17) is 27.9 Å². The summed E-state index contributed by atoms with van der Waals surface area (Å²) < 4.78 is 5.95. The number of hydrogen-bond donors (Lipinski definition) is 0. The SMILES string of the molecule is O=C(c1ccccc1OCc1ccc(Cl)cc1Cl)N1CCN(c2ccncc2)CC1. The standard InChI is InChI=1S/C23H21Cl2N3O2/c24-18-6-5-17(21(25)15-18)16-30-22-4-2-1-3-20(22)23(29)28-13-11-27(12-14-28)19-7-9-26-10-8-19/h1-10,15H,11-14,16H2. The molecule has 7 heteroatoms. The third-order valence-electron chi connectivity index (χ3n) is 5.11. The normalized spacial score (nSPS) is 13.9. The first-order valence-corrected chi connectivity index (χ1v) is 10.5. The molecule has 0 spiro atoms. The summed E-state index contributed by atoms with van der Waals surface area (Å²) >= 11 is 12.2. The Balaban J connectivity index is 1.42. The highest BCUT2D eigenvalue weighted by atomic mass is 35.5. The minimum Gasteiger partial charge on any atom is -0.488 e. The van der Waals surface area contributed by atoms with Gasteiger partial charge in [-0.1, -0.05) is 41.4 Å². The van der Waals surface area contributed by atoms with Gasteiger partial charge in [-0.3, -0.25) is 9.78 Å². The van der Waals surface area contributed by atoms with Crippen LogP contribution in [0.25, 0.3) is 0 Å². The number of rotatable bonds is 5. The van der Waals surface area contributed by atoms with Crippen molar-refractivity contribution in [3.63, 3.8) is 0 Å². The molecule has 1 amide bonds. The van der Waals surface area contributed by atoms with Crippen molar-refractivity contribution in [2.45, 2.75) is 6.61 Å². The fourth-order valence-electron chi connectivity index (χ4n) is 3.46. The van der Waals surface area contributed by atoms with Gasteiger partial charge in [-0.15, -0.1) is 0 Å². The summed E-state index contributed by atoms with van der Waals surface area (Å²) in [6, 6.07) is 16.6. The lowest BCUT2D eigenvalue weighted by Crippen LogP contribution is -2.48. The third-order valence-corrected chi connectivity index (χ3v) is 5.70. The van der Waals surface area contributed by atoms with Crippen LogP contribution in [-0.2, 0) is 6.61 Å². The van der Waals surface area contributed by atoms with Crippen LogP contribution in [0.3, 0.4) is 0 Å². The molecule has 5 nitrogen and oxygen atoms in total. The Hall–Kier alpha value is -2.76. The second kappa shape index (κ2) is 9.37. The van der Waals surface area contributed by atoms with E-state index in [9.17, 15) is 4.79 Å². The van der Waals surface area contributed by atoms with Crippen LogP contribution >= 0.6 is 23.2 Å². The van der Waals surface area contributed by atoms with E-state index < -0.39 is 0 Å². The van der Waals surface area contributed by atoms with Crippen molar-refractivity contribution in [1.29, 1.82) is 0 Å². The number of anilines is 1. The molecule has 0 N–H and O–H groups in total. The molecule has 1 aliphatic rings. The van der Waals surface area contributed by atoms with Crippen LogP contribution in [0.1, 0.15) is 15.9 Å².